The van der Waals surface area contributed by atoms with Crippen molar-refractivity contribution in [2.24, 2.45) is 0 Å². The lowest BCUT2D eigenvalue weighted by atomic mass is 10.1. The Morgan fingerprint density at radius 3 is 2.76 bits per heavy atom. The number of anilines is 2. The molecule has 0 radical (unpaired) electrons. The van der Waals surface area contributed by atoms with Crippen LogP contribution < -0.4 is 10.2 Å². The molecule has 0 atom stereocenters. The van der Waals surface area contributed by atoms with Crippen molar-refractivity contribution in [1.82, 2.24) is 25.1 Å². The van der Waals surface area contributed by atoms with E-state index in [9.17, 15) is 4.79 Å². The summed E-state index contributed by atoms with van der Waals surface area (Å²) in [4.78, 5) is 24.4. The molecule has 3 heterocycles. The van der Waals surface area contributed by atoms with Gasteiger partial charge in [-0.05, 0) is 31.3 Å². The molecule has 0 unspecified atom stereocenters. The zero-order chi connectivity index (χ0) is 20.0. The number of rotatable bonds is 3. The third-order valence-corrected chi connectivity index (χ3v) is 5.47. The molecule has 1 amide bonds. The molecule has 29 heavy (non-hydrogen) atoms. The standard InChI is InChI=1S/C21H23N7O/c1-13(29)22-17-5-3-4-15-19(17)25-26-20(15)21-23-16-7-6-14(12-18(16)24-21)28-10-8-27(2)9-11-28/h3-7,12H,8-11H2,1-2H3,(H,22,29)(H,23,24)(H,25,26). The van der Waals surface area contributed by atoms with Crippen molar-refractivity contribution < 1.29 is 4.79 Å². The molecule has 0 spiro atoms. The van der Waals surface area contributed by atoms with E-state index in [1.54, 1.807) is 0 Å². The van der Waals surface area contributed by atoms with Gasteiger partial charge in [0.15, 0.2) is 5.82 Å². The molecule has 2 aromatic carbocycles. The van der Waals surface area contributed by atoms with Crippen LogP contribution in [-0.2, 0) is 4.79 Å². The molecule has 0 saturated carbocycles. The van der Waals surface area contributed by atoms with Crippen LogP contribution in [0.3, 0.4) is 0 Å². The van der Waals surface area contributed by atoms with Gasteiger partial charge in [-0.1, -0.05) is 12.1 Å². The summed E-state index contributed by atoms with van der Waals surface area (Å²) >= 11 is 0. The van der Waals surface area contributed by atoms with E-state index in [0.717, 1.165) is 59.6 Å². The van der Waals surface area contributed by atoms with Crippen LogP contribution in [0.2, 0.25) is 0 Å². The summed E-state index contributed by atoms with van der Waals surface area (Å²) in [6.07, 6.45) is 0. The number of piperazine rings is 1. The van der Waals surface area contributed by atoms with Crippen LogP contribution in [0.15, 0.2) is 36.4 Å². The van der Waals surface area contributed by atoms with Gasteiger partial charge in [0.05, 0.1) is 16.7 Å². The zero-order valence-corrected chi connectivity index (χ0v) is 16.5. The Hall–Kier alpha value is -3.39. The summed E-state index contributed by atoms with van der Waals surface area (Å²) in [6.45, 7) is 5.69. The lowest BCUT2D eigenvalue weighted by molar-refractivity contribution is -0.114. The Labute approximate surface area is 167 Å². The van der Waals surface area contributed by atoms with E-state index in [0.29, 0.717) is 5.69 Å². The molecule has 4 aromatic rings. The molecule has 1 aliphatic rings. The number of hydrogen-bond donors (Lipinski definition) is 3. The highest BCUT2D eigenvalue weighted by Crippen LogP contribution is 2.31. The number of hydrogen-bond acceptors (Lipinski definition) is 5. The Morgan fingerprint density at radius 1 is 1.14 bits per heavy atom. The topological polar surface area (TPSA) is 92.9 Å². The van der Waals surface area contributed by atoms with E-state index < -0.39 is 0 Å². The average molecular weight is 389 g/mol. The number of carbonyl (C=O) groups is 1. The van der Waals surface area contributed by atoms with Crippen molar-refractivity contribution in [3.05, 3.63) is 36.4 Å². The van der Waals surface area contributed by atoms with Gasteiger partial charge in [0.1, 0.15) is 11.2 Å². The number of benzene rings is 2. The Morgan fingerprint density at radius 2 is 1.97 bits per heavy atom. The summed E-state index contributed by atoms with van der Waals surface area (Å²) in [6, 6.07) is 12.1. The van der Waals surface area contributed by atoms with Crippen LogP contribution in [0, 0.1) is 0 Å². The highest BCUT2D eigenvalue weighted by atomic mass is 16.1. The van der Waals surface area contributed by atoms with Crippen LogP contribution in [0.5, 0.6) is 0 Å². The summed E-state index contributed by atoms with van der Waals surface area (Å²) in [5.74, 6) is 0.611. The van der Waals surface area contributed by atoms with E-state index >= 15 is 0 Å². The number of nitrogens with one attached hydrogen (secondary N) is 3. The lowest BCUT2D eigenvalue weighted by Crippen LogP contribution is -2.44. The number of para-hydroxylation sites is 1. The second-order valence-corrected chi connectivity index (χ2v) is 7.56. The minimum Gasteiger partial charge on any atom is -0.369 e. The average Bonchev–Trinajstić information content (AvgIpc) is 3.32. The third-order valence-electron chi connectivity index (χ3n) is 5.47. The molecule has 3 N–H and O–H groups in total. The first-order valence-corrected chi connectivity index (χ1v) is 9.77. The van der Waals surface area contributed by atoms with Crippen molar-refractivity contribution in [3.8, 4) is 11.5 Å². The minimum atomic E-state index is -0.123. The van der Waals surface area contributed by atoms with Gasteiger partial charge in [-0.15, -0.1) is 0 Å². The second kappa shape index (κ2) is 6.89. The highest BCUT2D eigenvalue weighted by molar-refractivity contribution is 6.03. The first kappa shape index (κ1) is 17.7. The van der Waals surface area contributed by atoms with Crippen molar-refractivity contribution in [1.29, 1.82) is 0 Å². The first-order valence-electron chi connectivity index (χ1n) is 9.77. The summed E-state index contributed by atoms with van der Waals surface area (Å²) in [5.41, 5.74) is 5.34. The van der Waals surface area contributed by atoms with Crippen LogP contribution >= 0.6 is 0 Å². The molecular formula is C21H23N7O. The van der Waals surface area contributed by atoms with E-state index in [4.69, 9.17) is 4.98 Å². The van der Waals surface area contributed by atoms with Gasteiger partial charge in [-0.25, -0.2) is 4.98 Å². The molecule has 1 fully saturated rings. The molecular weight excluding hydrogens is 366 g/mol. The van der Waals surface area contributed by atoms with E-state index in [2.05, 4.69) is 55.5 Å². The smallest absolute Gasteiger partial charge is 0.221 e. The molecule has 2 aromatic heterocycles. The number of likely N-dealkylation sites (N-methyl/N-ethyl adjacent to an activating group) is 1. The van der Waals surface area contributed by atoms with Gasteiger partial charge in [0, 0.05) is 44.2 Å². The lowest BCUT2D eigenvalue weighted by Gasteiger charge is -2.34. The highest BCUT2D eigenvalue weighted by Gasteiger charge is 2.17. The van der Waals surface area contributed by atoms with Crippen LogP contribution in [0.25, 0.3) is 33.5 Å². The number of aromatic amines is 2. The molecule has 1 aliphatic heterocycles. The van der Waals surface area contributed by atoms with E-state index in [1.165, 1.54) is 12.6 Å². The SMILES string of the molecule is CC(=O)Nc1cccc2c(-c3nc4ccc(N5CCN(C)CC5)cc4[nH]3)[nH]nc12. The predicted octanol–water partition coefficient (Wildman–Crippen LogP) is 2.82. The Kier molecular flexibility index (Phi) is 4.21. The number of imidazole rings is 1. The number of H-pyrrole nitrogens is 2. The van der Waals surface area contributed by atoms with Gasteiger partial charge >= 0.3 is 0 Å². The molecule has 148 valence electrons. The van der Waals surface area contributed by atoms with Crippen LogP contribution in [-0.4, -0.2) is 64.2 Å². The van der Waals surface area contributed by atoms with E-state index in [-0.39, 0.29) is 5.91 Å². The minimum absolute atomic E-state index is 0.123. The van der Waals surface area contributed by atoms with Crippen molar-refractivity contribution in [2.45, 2.75) is 6.92 Å². The molecule has 5 rings (SSSR count). The number of aromatic nitrogens is 4. The van der Waals surface area contributed by atoms with Gasteiger partial charge in [-0.2, -0.15) is 5.10 Å². The Bertz CT molecular complexity index is 1200. The van der Waals surface area contributed by atoms with Crippen molar-refractivity contribution in [2.75, 3.05) is 43.4 Å². The maximum atomic E-state index is 11.5. The molecule has 8 heteroatoms. The maximum absolute atomic E-state index is 11.5. The predicted molar refractivity (Wildman–Crippen MR) is 115 cm³/mol. The fraction of sp³-hybridized carbons (Fsp3) is 0.286. The zero-order valence-electron chi connectivity index (χ0n) is 16.5. The third kappa shape index (κ3) is 3.21. The number of amides is 1. The largest absolute Gasteiger partial charge is 0.369 e. The summed E-state index contributed by atoms with van der Waals surface area (Å²) < 4.78 is 0. The van der Waals surface area contributed by atoms with Crippen molar-refractivity contribution in [3.63, 3.8) is 0 Å². The fourth-order valence-corrected chi connectivity index (χ4v) is 3.89. The fourth-order valence-electron chi connectivity index (χ4n) is 3.89. The number of nitrogens with zero attached hydrogens (tertiary/aromatic N) is 4. The maximum Gasteiger partial charge on any atom is 0.221 e. The normalized spacial score (nSPS) is 15.3. The van der Waals surface area contributed by atoms with E-state index in [1.807, 2.05) is 18.2 Å². The van der Waals surface area contributed by atoms with Crippen LogP contribution in [0.1, 0.15) is 6.92 Å². The van der Waals surface area contributed by atoms with Gasteiger partial charge < -0.3 is 20.1 Å². The number of carbonyl (C=O) groups excluding carboxylic acids is 1. The van der Waals surface area contributed by atoms with Gasteiger partial charge in [0.2, 0.25) is 5.91 Å². The van der Waals surface area contributed by atoms with Gasteiger partial charge in [0.25, 0.3) is 0 Å². The van der Waals surface area contributed by atoms with Crippen LogP contribution in [0.4, 0.5) is 11.4 Å². The molecule has 1 saturated heterocycles. The first-order chi connectivity index (χ1) is 14.1. The molecule has 0 aliphatic carbocycles. The van der Waals surface area contributed by atoms with Gasteiger partial charge in [-0.3, -0.25) is 9.89 Å². The quantitative estimate of drug-likeness (QED) is 0.501. The second-order valence-electron chi connectivity index (χ2n) is 7.56. The molecule has 8 nitrogen and oxygen atoms in total. The monoisotopic (exact) mass is 389 g/mol. The Balaban J connectivity index is 1.52. The summed E-state index contributed by atoms with van der Waals surface area (Å²) in [5, 5.41) is 11.2. The number of fused-ring (bicyclic) bond motifs is 2. The summed E-state index contributed by atoms with van der Waals surface area (Å²) in [7, 11) is 2.16. The molecule has 0 bridgehead atoms. The van der Waals surface area contributed by atoms with Crippen molar-refractivity contribution >= 4 is 39.2 Å².